The summed E-state index contributed by atoms with van der Waals surface area (Å²) in [5, 5.41) is 4.41. The van der Waals surface area contributed by atoms with Crippen LogP contribution in [0.15, 0.2) is 28.9 Å². The lowest BCUT2D eigenvalue weighted by Gasteiger charge is -2.10. The van der Waals surface area contributed by atoms with Crippen LogP contribution in [0.1, 0.15) is 17.4 Å². The van der Waals surface area contributed by atoms with Crippen molar-refractivity contribution in [1.82, 2.24) is 15.2 Å². The van der Waals surface area contributed by atoms with Crippen LogP contribution in [0.5, 0.6) is 0 Å². The molecule has 0 fully saturated rings. The molecule has 0 aromatic carbocycles. The van der Waals surface area contributed by atoms with Crippen LogP contribution in [-0.2, 0) is 7.05 Å². The second-order valence-electron chi connectivity index (χ2n) is 3.19. The summed E-state index contributed by atoms with van der Waals surface area (Å²) < 4.78 is 6.98. The minimum absolute atomic E-state index is 0.230. The fourth-order valence-electron chi connectivity index (χ4n) is 1.42. The van der Waals surface area contributed by atoms with E-state index < -0.39 is 0 Å². The zero-order valence-corrected chi connectivity index (χ0v) is 8.90. The predicted molar refractivity (Wildman–Crippen MR) is 56.1 cm³/mol. The largest absolute Gasteiger partial charge is 0.448 e. The molecule has 0 aliphatic rings. The third-order valence-corrected chi connectivity index (χ3v) is 2.31. The smallest absolute Gasteiger partial charge is 0.193 e. The molecule has 0 saturated carbocycles. The second kappa shape index (κ2) is 4.06. The molecule has 0 saturated heterocycles. The first-order valence-electron chi connectivity index (χ1n) is 4.40. The summed E-state index contributed by atoms with van der Waals surface area (Å²) in [6.07, 6.45) is 3.59. The minimum Gasteiger partial charge on any atom is -0.448 e. The lowest BCUT2D eigenvalue weighted by molar-refractivity contribution is 0.453. The normalized spacial score (nSPS) is 13.0. The third kappa shape index (κ3) is 2.04. The number of nitrogens with two attached hydrogens (primary N) is 1. The lowest BCUT2D eigenvalue weighted by atomic mass is 10.1. The summed E-state index contributed by atoms with van der Waals surface area (Å²) in [5.74, 6) is 6.13. The van der Waals surface area contributed by atoms with Gasteiger partial charge in [-0.2, -0.15) is 5.10 Å². The van der Waals surface area contributed by atoms with Crippen LogP contribution in [0, 0.1) is 0 Å². The maximum absolute atomic E-state index is 5.70. The van der Waals surface area contributed by atoms with E-state index in [9.17, 15) is 0 Å². The Balaban J connectivity index is 2.32. The molecule has 80 valence electrons. The SMILES string of the molecule is Cn1cc(C(NN)c2ccc(Cl)o2)cn1. The Kier molecular flexibility index (Phi) is 2.77. The highest BCUT2D eigenvalue weighted by molar-refractivity contribution is 6.28. The molecule has 2 heterocycles. The van der Waals surface area contributed by atoms with Crippen LogP contribution < -0.4 is 11.3 Å². The van der Waals surface area contributed by atoms with E-state index in [1.54, 1.807) is 23.0 Å². The van der Waals surface area contributed by atoms with Gasteiger partial charge >= 0.3 is 0 Å². The van der Waals surface area contributed by atoms with Crippen LogP contribution in [0.3, 0.4) is 0 Å². The van der Waals surface area contributed by atoms with Crippen molar-refractivity contribution in [2.24, 2.45) is 12.9 Å². The quantitative estimate of drug-likeness (QED) is 0.610. The van der Waals surface area contributed by atoms with Gasteiger partial charge in [0, 0.05) is 18.8 Å². The van der Waals surface area contributed by atoms with Crippen molar-refractivity contribution in [3.63, 3.8) is 0 Å². The molecule has 1 unspecified atom stereocenters. The van der Waals surface area contributed by atoms with E-state index in [1.165, 1.54) is 0 Å². The number of hydrogen-bond acceptors (Lipinski definition) is 4. The van der Waals surface area contributed by atoms with Crippen LogP contribution in [0.25, 0.3) is 0 Å². The van der Waals surface area contributed by atoms with Crippen molar-refractivity contribution in [2.45, 2.75) is 6.04 Å². The van der Waals surface area contributed by atoms with Gasteiger partial charge in [-0.1, -0.05) is 0 Å². The molecule has 15 heavy (non-hydrogen) atoms. The first-order valence-corrected chi connectivity index (χ1v) is 4.78. The Morgan fingerprint density at radius 3 is 2.87 bits per heavy atom. The number of aromatic nitrogens is 2. The zero-order valence-electron chi connectivity index (χ0n) is 8.14. The Hall–Kier alpha value is -1.30. The molecule has 0 aliphatic heterocycles. The Morgan fingerprint density at radius 2 is 2.40 bits per heavy atom. The summed E-state index contributed by atoms with van der Waals surface area (Å²) in [6, 6.07) is 3.23. The third-order valence-electron chi connectivity index (χ3n) is 2.10. The van der Waals surface area contributed by atoms with E-state index >= 15 is 0 Å². The van der Waals surface area contributed by atoms with Gasteiger partial charge in [-0.25, -0.2) is 5.43 Å². The van der Waals surface area contributed by atoms with Crippen molar-refractivity contribution in [3.8, 4) is 0 Å². The molecule has 0 aliphatic carbocycles. The standard InChI is InChI=1S/C9H11ClN4O/c1-14-5-6(4-12-14)9(13-11)7-2-3-8(10)15-7/h2-5,9,13H,11H2,1H3. The van der Waals surface area contributed by atoms with Gasteiger partial charge in [0.05, 0.1) is 6.20 Å². The molecular formula is C9H11ClN4O. The van der Waals surface area contributed by atoms with Gasteiger partial charge in [-0.3, -0.25) is 10.5 Å². The van der Waals surface area contributed by atoms with Crippen LogP contribution in [-0.4, -0.2) is 9.78 Å². The number of hydrogen-bond donors (Lipinski definition) is 2. The van der Waals surface area contributed by atoms with Gasteiger partial charge in [0.25, 0.3) is 0 Å². The molecule has 0 amide bonds. The Bertz CT molecular complexity index is 410. The number of rotatable bonds is 3. The number of halogens is 1. The fourth-order valence-corrected chi connectivity index (χ4v) is 1.57. The van der Waals surface area contributed by atoms with Crippen molar-refractivity contribution in [1.29, 1.82) is 0 Å². The molecule has 0 bridgehead atoms. The summed E-state index contributed by atoms with van der Waals surface area (Å²) in [5.41, 5.74) is 3.58. The Labute approximate surface area is 91.8 Å². The van der Waals surface area contributed by atoms with Gasteiger partial charge in [-0.15, -0.1) is 0 Å². The molecule has 6 heteroatoms. The molecule has 0 radical (unpaired) electrons. The Morgan fingerprint density at radius 1 is 1.60 bits per heavy atom. The number of nitrogens with zero attached hydrogens (tertiary/aromatic N) is 2. The molecule has 5 nitrogen and oxygen atoms in total. The minimum atomic E-state index is -0.230. The highest BCUT2D eigenvalue weighted by Gasteiger charge is 2.17. The maximum Gasteiger partial charge on any atom is 0.193 e. The first kappa shape index (κ1) is 10.2. The summed E-state index contributed by atoms with van der Waals surface area (Å²) in [4.78, 5) is 0. The molecule has 2 aromatic rings. The first-order chi connectivity index (χ1) is 7.20. The summed E-state index contributed by atoms with van der Waals surface area (Å²) in [6.45, 7) is 0. The van der Waals surface area contributed by atoms with Gasteiger partial charge in [-0.05, 0) is 23.7 Å². The molecule has 3 N–H and O–H groups in total. The van der Waals surface area contributed by atoms with E-state index in [-0.39, 0.29) is 6.04 Å². The molecule has 2 aromatic heterocycles. The van der Waals surface area contributed by atoms with Crippen molar-refractivity contribution >= 4 is 11.6 Å². The van der Waals surface area contributed by atoms with Crippen LogP contribution in [0.4, 0.5) is 0 Å². The van der Waals surface area contributed by atoms with Gasteiger partial charge < -0.3 is 4.42 Å². The highest BCUT2D eigenvalue weighted by Crippen LogP contribution is 2.24. The predicted octanol–water partition coefficient (Wildman–Crippen LogP) is 1.22. The maximum atomic E-state index is 5.70. The lowest BCUT2D eigenvalue weighted by Crippen LogP contribution is -2.28. The summed E-state index contributed by atoms with van der Waals surface area (Å²) >= 11 is 5.70. The van der Waals surface area contributed by atoms with Gasteiger partial charge in [0.1, 0.15) is 11.8 Å². The summed E-state index contributed by atoms with van der Waals surface area (Å²) in [7, 11) is 1.84. The number of hydrazine groups is 1. The van der Waals surface area contributed by atoms with Gasteiger partial charge in [0.2, 0.25) is 0 Å². The fraction of sp³-hybridized carbons (Fsp3) is 0.222. The van der Waals surface area contributed by atoms with E-state index in [0.717, 1.165) is 5.56 Å². The molecule has 1 atom stereocenters. The molecule has 0 spiro atoms. The van der Waals surface area contributed by atoms with Crippen molar-refractivity contribution in [3.05, 3.63) is 41.1 Å². The monoisotopic (exact) mass is 226 g/mol. The zero-order chi connectivity index (χ0) is 10.8. The average molecular weight is 227 g/mol. The van der Waals surface area contributed by atoms with Crippen LogP contribution >= 0.6 is 11.6 Å². The topological polar surface area (TPSA) is 69.0 Å². The highest BCUT2D eigenvalue weighted by atomic mass is 35.5. The second-order valence-corrected chi connectivity index (χ2v) is 3.56. The molecule has 2 rings (SSSR count). The van der Waals surface area contributed by atoms with E-state index in [4.69, 9.17) is 21.9 Å². The molecular weight excluding hydrogens is 216 g/mol. The van der Waals surface area contributed by atoms with Crippen molar-refractivity contribution < 1.29 is 4.42 Å². The van der Waals surface area contributed by atoms with E-state index in [0.29, 0.717) is 11.0 Å². The number of nitrogens with one attached hydrogen (secondary N) is 1. The number of furan rings is 1. The van der Waals surface area contributed by atoms with E-state index in [1.807, 2.05) is 13.2 Å². The van der Waals surface area contributed by atoms with Crippen molar-refractivity contribution in [2.75, 3.05) is 0 Å². The van der Waals surface area contributed by atoms with Crippen LogP contribution in [0.2, 0.25) is 5.22 Å². The number of aryl methyl sites for hydroxylation is 1. The van der Waals surface area contributed by atoms with E-state index in [2.05, 4.69) is 10.5 Å². The van der Waals surface area contributed by atoms with Gasteiger partial charge in [0.15, 0.2) is 5.22 Å². The average Bonchev–Trinajstić information content (AvgIpc) is 2.78.